The molecule has 4 rings (SSSR count). The van der Waals surface area contributed by atoms with E-state index >= 15 is 0 Å². The molecule has 10 heteroatoms. The van der Waals surface area contributed by atoms with Crippen LogP contribution in [0.1, 0.15) is 52.8 Å². The van der Waals surface area contributed by atoms with Gasteiger partial charge in [0.15, 0.2) is 0 Å². The summed E-state index contributed by atoms with van der Waals surface area (Å²) < 4.78 is 79.4. The number of benzene rings is 3. The number of alkyl halides is 6. The van der Waals surface area contributed by atoms with Crippen LogP contribution in [0.25, 0.3) is 0 Å². The van der Waals surface area contributed by atoms with Gasteiger partial charge in [0, 0.05) is 32.2 Å². The zero-order chi connectivity index (χ0) is 28.9. The van der Waals surface area contributed by atoms with Crippen LogP contribution in [-0.2, 0) is 36.7 Å². The Hall–Kier alpha value is -3.37. The number of carbonyl (C=O) groups is 1. The lowest BCUT2D eigenvalue weighted by Crippen LogP contribution is -2.40. The van der Waals surface area contributed by atoms with E-state index in [9.17, 15) is 31.1 Å². The minimum Gasteiger partial charge on any atom is -0.350 e. The van der Waals surface area contributed by atoms with Crippen molar-refractivity contribution in [2.24, 2.45) is 0 Å². The van der Waals surface area contributed by atoms with Crippen LogP contribution in [0.15, 0.2) is 72.8 Å². The van der Waals surface area contributed by atoms with Crippen LogP contribution in [0.5, 0.6) is 0 Å². The molecule has 2 N–H and O–H groups in total. The van der Waals surface area contributed by atoms with Crippen LogP contribution in [0, 0.1) is 0 Å². The second kappa shape index (κ2) is 12.4. The van der Waals surface area contributed by atoms with Crippen molar-refractivity contribution < 1.29 is 31.1 Å². The highest BCUT2D eigenvalue weighted by Crippen LogP contribution is 2.37. The quantitative estimate of drug-likeness (QED) is 0.277. The molecule has 0 spiro atoms. The maximum Gasteiger partial charge on any atom is 0.416 e. The maximum atomic E-state index is 13.3. The van der Waals surface area contributed by atoms with E-state index < -0.39 is 42.0 Å². The third kappa shape index (κ3) is 7.63. The van der Waals surface area contributed by atoms with Gasteiger partial charge in [0.2, 0.25) is 5.91 Å². The summed E-state index contributed by atoms with van der Waals surface area (Å²) in [4.78, 5) is 15.3. The fourth-order valence-electron chi connectivity index (χ4n) is 4.96. The Morgan fingerprint density at radius 3 is 2.17 bits per heavy atom. The minimum atomic E-state index is -4.95. The van der Waals surface area contributed by atoms with Gasteiger partial charge in [0.25, 0.3) is 0 Å². The predicted molar refractivity (Wildman–Crippen MR) is 140 cm³/mol. The third-order valence-corrected chi connectivity index (χ3v) is 7.05. The van der Waals surface area contributed by atoms with Gasteiger partial charge in [-0.2, -0.15) is 26.3 Å². The van der Waals surface area contributed by atoms with Gasteiger partial charge >= 0.3 is 12.4 Å². The number of amides is 1. The highest BCUT2D eigenvalue weighted by molar-refractivity contribution is 5.84. The summed E-state index contributed by atoms with van der Waals surface area (Å²) in [6, 6.07) is 18.4. The van der Waals surface area contributed by atoms with E-state index in [0.717, 1.165) is 24.0 Å². The summed E-state index contributed by atoms with van der Waals surface area (Å²) in [5.41, 5.74) is -0.109. The van der Waals surface area contributed by atoms with Gasteiger partial charge in [-0.05, 0) is 60.2 Å². The van der Waals surface area contributed by atoms with Crippen molar-refractivity contribution in [3.8, 4) is 0 Å². The van der Waals surface area contributed by atoms with Gasteiger partial charge in [-0.25, -0.2) is 0 Å². The van der Waals surface area contributed by atoms with E-state index in [0.29, 0.717) is 31.8 Å². The van der Waals surface area contributed by atoms with E-state index in [-0.39, 0.29) is 17.7 Å². The third-order valence-electron chi connectivity index (χ3n) is 7.05. The molecule has 0 saturated heterocycles. The zero-order valence-corrected chi connectivity index (χ0v) is 21.9. The molecular formula is C30H31F6N3O. The summed E-state index contributed by atoms with van der Waals surface area (Å²) in [5.74, 6) is -0.479. The van der Waals surface area contributed by atoms with Crippen molar-refractivity contribution in [2.45, 2.75) is 57.3 Å². The zero-order valence-electron chi connectivity index (χ0n) is 21.9. The van der Waals surface area contributed by atoms with Crippen LogP contribution in [0.2, 0.25) is 0 Å². The molecule has 2 unspecified atom stereocenters. The summed E-state index contributed by atoms with van der Waals surface area (Å²) in [6.45, 7) is 3.28. The van der Waals surface area contributed by atoms with E-state index in [2.05, 4.69) is 29.7 Å². The fourth-order valence-corrected chi connectivity index (χ4v) is 4.96. The van der Waals surface area contributed by atoms with E-state index in [1.165, 1.54) is 5.56 Å². The molecule has 0 saturated carbocycles. The molecule has 214 valence electrons. The first-order chi connectivity index (χ1) is 18.9. The second-order valence-corrected chi connectivity index (χ2v) is 10.1. The van der Waals surface area contributed by atoms with Crippen LogP contribution in [0.4, 0.5) is 26.3 Å². The first-order valence-corrected chi connectivity index (χ1v) is 13.1. The molecule has 0 aromatic heterocycles. The number of nitrogens with one attached hydrogen (secondary N) is 2. The smallest absolute Gasteiger partial charge is 0.350 e. The van der Waals surface area contributed by atoms with Crippen LogP contribution < -0.4 is 10.6 Å². The summed E-state index contributed by atoms with van der Waals surface area (Å²) in [5, 5.41) is 6.05. The van der Waals surface area contributed by atoms with Gasteiger partial charge in [-0.3, -0.25) is 9.69 Å². The summed E-state index contributed by atoms with van der Waals surface area (Å²) in [6.07, 6.45) is -8.04. The van der Waals surface area contributed by atoms with Gasteiger partial charge in [-0.15, -0.1) is 0 Å². The molecule has 0 bridgehead atoms. The Kier molecular flexibility index (Phi) is 9.20. The Morgan fingerprint density at radius 1 is 0.900 bits per heavy atom. The molecule has 3 aromatic rings. The number of halogens is 6. The topological polar surface area (TPSA) is 44.4 Å². The molecule has 2 atom stereocenters. The van der Waals surface area contributed by atoms with Crippen molar-refractivity contribution >= 4 is 5.91 Å². The second-order valence-electron chi connectivity index (χ2n) is 10.1. The van der Waals surface area contributed by atoms with Crippen molar-refractivity contribution in [3.63, 3.8) is 0 Å². The van der Waals surface area contributed by atoms with Gasteiger partial charge in [0.1, 0.15) is 6.04 Å². The lowest BCUT2D eigenvalue weighted by atomic mass is 10.0. The summed E-state index contributed by atoms with van der Waals surface area (Å²) in [7, 11) is 0. The Labute approximate surface area is 229 Å². The SMILES string of the molecule is CC(CCc1ccccc1)NCCN1Cc2ccccc2C1C(=O)NCc1cc(C(F)(F)F)cc(C(F)(F)F)c1. The average Bonchev–Trinajstić information content (AvgIpc) is 3.28. The van der Waals surface area contributed by atoms with E-state index in [4.69, 9.17) is 0 Å². The lowest BCUT2D eigenvalue weighted by Gasteiger charge is -2.25. The van der Waals surface area contributed by atoms with Crippen molar-refractivity contribution in [3.05, 3.63) is 106 Å². The molecule has 0 aliphatic carbocycles. The Bertz CT molecular complexity index is 1260. The van der Waals surface area contributed by atoms with Gasteiger partial charge < -0.3 is 10.6 Å². The number of nitrogens with zero attached hydrogens (tertiary/aromatic N) is 1. The largest absolute Gasteiger partial charge is 0.416 e. The summed E-state index contributed by atoms with van der Waals surface area (Å²) >= 11 is 0. The maximum absolute atomic E-state index is 13.3. The number of rotatable bonds is 10. The van der Waals surface area contributed by atoms with Crippen molar-refractivity contribution in [1.29, 1.82) is 0 Å². The number of hydrogen-bond acceptors (Lipinski definition) is 3. The highest BCUT2D eigenvalue weighted by Gasteiger charge is 2.38. The molecule has 40 heavy (non-hydrogen) atoms. The lowest BCUT2D eigenvalue weighted by molar-refractivity contribution is -0.143. The monoisotopic (exact) mass is 563 g/mol. The first kappa shape index (κ1) is 29.6. The van der Waals surface area contributed by atoms with Crippen LogP contribution in [0.3, 0.4) is 0 Å². The molecule has 4 nitrogen and oxygen atoms in total. The molecule has 3 aromatic carbocycles. The molecular weight excluding hydrogens is 532 g/mol. The minimum absolute atomic E-state index is 0.0775. The van der Waals surface area contributed by atoms with Crippen LogP contribution in [-0.4, -0.2) is 29.9 Å². The van der Waals surface area contributed by atoms with E-state index in [1.54, 1.807) is 6.07 Å². The van der Waals surface area contributed by atoms with Gasteiger partial charge in [0.05, 0.1) is 11.1 Å². The number of carbonyl (C=O) groups excluding carboxylic acids is 1. The Morgan fingerprint density at radius 2 is 1.52 bits per heavy atom. The first-order valence-electron chi connectivity index (χ1n) is 13.1. The molecule has 1 amide bonds. The normalized spacial score (nSPS) is 16.5. The number of fused-ring (bicyclic) bond motifs is 1. The fraction of sp³-hybridized carbons (Fsp3) is 0.367. The predicted octanol–water partition coefficient (Wildman–Crippen LogP) is 6.51. The average molecular weight is 564 g/mol. The molecule has 1 heterocycles. The highest BCUT2D eigenvalue weighted by atomic mass is 19.4. The number of aryl methyl sites for hydroxylation is 1. The van der Waals surface area contributed by atoms with Gasteiger partial charge in [-0.1, -0.05) is 54.6 Å². The number of hydrogen-bond donors (Lipinski definition) is 2. The van der Waals surface area contributed by atoms with Crippen molar-refractivity contribution in [2.75, 3.05) is 13.1 Å². The van der Waals surface area contributed by atoms with Crippen molar-refractivity contribution in [1.82, 2.24) is 15.5 Å². The molecule has 1 aliphatic heterocycles. The molecule has 0 fully saturated rings. The standard InChI is InChI=1S/C30H31F6N3O/c1-20(11-12-21-7-3-2-4-8-21)37-13-14-39-19-23-9-5-6-10-26(23)27(39)28(40)38-18-22-15-24(29(31,32)33)17-25(16-22)30(34,35)36/h2-10,15-17,20,27,37H,11-14,18-19H2,1H3,(H,38,40). The molecule has 1 aliphatic rings. The Balaban J connectivity index is 1.40. The van der Waals surface area contributed by atoms with Crippen LogP contribution >= 0.6 is 0 Å². The van der Waals surface area contributed by atoms with E-state index in [1.807, 2.05) is 41.3 Å². The molecule has 0 radical (unpaired) electrons.